The standard InChI is InChI=1S/C27H51IN2O5/c1-9-21(18-25(2,3)29(8)28)34-23(31)16-14-12-10-11-13-15-17-24(32)35-22-19-26(4,5)30(33)27(6,7)20-22/h21-22,33H,9-20H2,1-8H3. The molecule has 1 unspecified atom stereocenters. The third kappa shape index (κ3) is 11.6. The number of piperidine rings is 1. The van der Waals surface area contributed by atoms with Crippen molar-refractivity contribution in [1.82, 2.24) is 8.18 Å². The van der Waals surface area contributed by atoms with Gasteiger partial charge in [0.25, 0.3) is 0 Å². The largest absolute Gasteiger partial charge is 0.462 e. The maximum absolute atomic E-state index is 12.3. The van der Waals surface area contributed by atoms with Crippen molar-refractivity contribution in [2.45, 2.75) is 154 Å². The van der Waals surface area contributed by atoms with Crippen molar-refractivity contribution in [3.05, 3.63) is 0 Å². The second-order valence-electron chi connectivity index (χ2n) is 12.1. The number of carbonyl (C=O) groups excluding carboxylic acids is 2. The molecule has 35 heavy (non-hydrogen) atoms. The number of unbranched alkanes of at least 4 members (excludes halogenated alkanes) is 5. The van der Waals surface area contributed by atoms with Crippen LogP contribution >= 0.6 is 22.9 Å². The highest BCUT2D eigenvalue weighted by Gasteiger charge is 2.46. The first-order chi connectivity index (χ1) is 16.1. The topological polar surface area (TPSA) is 79.3 Å². The second-order valence-corrected chi connectivity index (χ2v) is 13.5. The van der Waals surface area contributed by atoms with Gasteiger partial charge in [-0.1, -0.05) is 32.6 Å². The summed E-state index contributed by atoms with van der Waals surface area (Å²) >= 11 is 2.29. The molecule has 1 aliphatic heterocycles. The predicted molar refractivity (Wildman–Crippen MR) is 148 cm³/mol. The molecule has 0 saturated carbocycles. The molecule has 1 heterocycles. The highest BCUT2D eigenvalue weighted by Crippen LogP contribution is 2.38. The molecule has 0 aromatic carbocycles. The summed E-state index contributed by atoms with van der Waals surface area (Å²) in [5.74, 6) is -0.233. The summed E-state index contributed by atoms with van der Waals surface area (Å²) in [5, 5.41) is 11.8. The number of halogens is 1. The second kappa shape index (κ2) is 14.5. The van der Waals surface area contributed by atoms with Gasteiger partial charge in [0.05, 0.1) is 0 Å². The zero-order chi connectivity index (χ0) is 26.9. The molecule has 8 heteroatoms. The smallest absolute Gasteiger partial charge is 0.306 e. The SMILES string of the molecule is CCC(CC(C)(C)N(C)I)OC(=O)CCCCCCCCC(=O)OC1CC(C)(C)N(O)C(C)(C)C1. The van der Waals surface area contributed by atoms with Crippen LogP contribution < -0.4 is 0 Å². The number of rotatable bonds is 15. The summed E-state index contributed by atoms with van der Waals surface area (Å²) < 4.78 is 13.6. The quantitative estimate of drug-likeness (QED) is 0.0942. The van der Waals surface area contributed by atoms with Crippen LogP contribution in [0, 0.1) is 0 Å². The van der Waals surface area contributed by atoms with Crippen molar-refractivity contribution in [2.75, 3.05) is 7.05 Å². The highest BCUT2D eigenvalue weighted by atomic mass is 127. The minimum absolute atomic E-state index is 0.0157. The Hall–Kier alpha value is -0.450. The van der Waals surface area contributed by atoms with Crippen LogP contribution in [0.2, 0.25) is 0 Å². The molecule has 7 nitrogen and oxygen atoms in total. The molecule has 1 fully saturated rings. The molecule has 0 aromatic rings. The van der Waals surface area contributed by atoms with Crippen LogP contribution in [-0.4, -0.2) is 61.2 Å². The van der Waals surface area contributed by atoms with Gasteiger partial charge in [-0.3, -0.25) is 9.59 Å². The molecule has 206 valence electrons. The third-order valence-electron chi connectivity index (χ3n) is 7.23. The maximum atomic E-state index is 12.3. The highest BCUT2D eigenvalue weighted by molar-refractivity contribution is 14.1. The van der Waals surface area contributed by atoms with Crippen LogP contribution in [0.1, 0.15) is 126 Å². The molecule has 0 aromatic heterocycles. The minimum Gasteiger partial charge on any atom is -0.462 e. The van der Waals surface area contributed by atoms with Crippen molar-refractivity contribution >= 4 is 34.8 Å². The molecule has 1 N–H and O–H groups in total. The zero-order valence-electron chi connectivity index (χ0n) is 23.5. The van der Waals surface area contributed by atoms with E-state index in [0.29, 0.717) is 25.7 Å². The number of carbonyl (C=O) groups is 2. The fourth-order valence-electron chi connectivity index (χ4n) is 4.95. The normalized spacial score (nSPS) is 19.5. The number of hydrogen-bond donors (Lipinski definition) is 1. The van der Waals surface area contributed by atoms with Crippen molar-refractivity contribution in [3.8, 4) is 0 Å². The molecular weight excluding hydrogens is 559 g/mol. The number of esters is 2. The summed E-state index contributed by atoms with van der Waals surface area (Å²) in [6.45, 7) is 14.3. The maximum Gasteiger partial charge on any atom is 0.306 e. The Kier molecular flexibility index (Phi) is 13.5. The van der Waals surface area contributed by atoms with E-state index in [2.05, 4.69) is 46.7 Å². The van der Waals surface area contributed by atoms with Gasteiger partial charge in [-0.05, 0) is 67.9 Å². The summed E-state index contributed by atoms with van der Waals surface area (Å²) in [4.78, 5) is 24.5. The summed E-state index contributed by atoms with van der Waals surface area (Å²) in [6, 6.07) is 0. The predicted octanol–water partition coefficient (Wildman–Crippen LogP) is 6.83. The van der Waals surface area contributed by atoms with E-state index in [1.807, 2.05) is 34.7 Å². The van der Waals surface area contributed by atoms with Gasteiger partial charge in [-0.25, -0.2) is 3.11 Å². The molecule has 1 aliphatic rings. The first kappa shape index (κ1) is 32.6. The van der Waals surface area contributed by atoms with Crippen molar-refractivity contribution in [1.29, 1.82) is 0 Å². The van der Waals surface area contributed by atoms with Crippen molar-refractivity contribution in [2.24, 2.45) is 0 Å². The van der Waals surface area contributed by atoms with E-state index in [0.717, 1.165) is 51.4 Å². The number of hydroxylamine groups is 2. The van der Waals surface area contributed by atoms with E-state index < -0.39 is 11.1 Å². The van der Waals surface area contributed by atoms with Crippen molar-refractivity contribution in [3.63, 3.8) is 0 Å². The molecule has 1 atom stereocenters. The first-order valence-corrected chi connectivity index (χ1v) is 14.3. The fourth-order valence-corrected chi connectivity index (χ4v) is 5.15. The van der Waals surface area contributed by atoms with Gasteiger partial charge in [0.2, 0.25) is 0 Å². The Labute approximate surface area is 228 Å². The molecule has 1 saturated heterocycles. The van der Waals surface area contributed by atoms with Crippen LogP contribution in [0.5, 0.6) is 0 Å². The summed E-state index contributed by atoms with van der Waals surface area (Å²) in [7, 11) is 2.04. The Morgan fingerprint density at radius 2 is 1.46 bits per heavy atom. The van der Waals surface area contributed by atoms with E-state index in [1.54, 1.807) is 0 Å². The van der Waals surface area contributed by atoms with Crippen LogP contribution in [0.3, 0.4) is 0 Å². The summed E-state index contributed by atoms with van der Waals surface area (Å²) in [5.41, 5.74) is -0.851. The fraction of sp³-hybridized carbons (Fsp3) is 0.926. The number of ether oxygens (including phenoxy) is 2. The Morgan fingerprint density at radius 1 is 1.00 bits per heavy atom. The molecule has 0 amide bonds. The minimum atomic E-state index is -0.418. The van der Waals surface area contributed by atoms with Crippen LogP contribution in [0.4, 0.5) is 0 Å². The van der Waals surface area contributed by atoms with Gasteiger partial charge in [0.1, 0.15) is 12.2 Å². The Bertz CT molecular complexity index is 648. The van der Waals surface area contributed by atoms with Gasteiger partial charge in [-0.15, -0.1) is 0 Å². The lowest BCUT2D eigenvalue weighted by Gasteiger charge is -2.50. The lowest BCUT2D eigenvalue weighted by molar-refractivity contribution is -0.259. The molecule has 1 rings (SSSR count). The van der Waals surface area contributed by atoms with Gasteiger partial charge in [-0.2, -0.15) is 5.06 Å². The average molecular weight is 611 g/mol. The van der Waals surface area contributed by atoms with E-state index in [1.165, 1.54) is 5.06 Å². The van der Waals surface area contributed by atoms with E-state index in [9.17, 15) is 14.8 Å². The van der Waals surface area contributed by atoms with E-state index >= 15 is 0 Å². The van der Waals surface area contributed by atoms with Crippen LogP contribution in [0.15, 0.2) is 0 Å². The van der Waals surface area contributed by atoms with Gasteiger partial charge in [0, 0.05) is 71.6 Å². The lowest BCUT2D eigenvalue weighted by Crippen LogP contribution is -2.60. The average Bonchev–Trinajstić information content (AvgIpc) is 2.72. The third-order valence-corrected chi connectivity index (χ3v) is 8.53. The molecule has 0 bridgehead atoms. The monoisotopic (exact) mass is 610 g/mol. The van der Waals surface area contributed by atoms with E-state index in [-0.39, 0.29) is 29.7 Å². The number of nitrogens with zero attached hydrogens (tertiary/aromatic N) is 2. The van der Waals surface area contributed by atoms with Crippen LogP contribution in [-0.2, 0) is 19.1 Å². The van der Waals surface area contributed by atoms with Gasteiger partial charge >= 0.3 is 11.9 Å². The first-order valence-electron chi connectivity index (χ1n) is 13.4. The van der Waals surface area contributed by atoms with Gasteiger partial charge < -0.3 is 14.7 Å². The molecular formula is C27H51IN2O5. The van der Waals surface area contributed by atoms with Crippen molar-refractivity contribution < 1.29 is 24.3 Å². The van der Waals surface area contributed by atoms with Gasteiger partial charge in [0.15, 0.2) is 0 Å². The molecule has 0 aliphatic carbocycles. The van der Waals surface area contributed by atoms with E-state index in [4.69, 9.17) is 9.47 Å². The summed E-state index contributed by atoms with van der Waals surface area (Å²) in [6.07, 6.45) is 9.42. The Balaban J connectivity index is 2.15. The molecule has 0 spiro atoms. The zero-order valence-corrected chi connectivity index (χ0v) is 25.7. The van der Waals surface area contributed by atoms with Crippen LogP contribution in [0.25, 0.3) is 0 Å². The number of hydrogen-bond acceptors (Lipinski definition) is 7. The Morgan fingerprint density at radius 3 is 1.91 bits per heavy atom. The molecule has 0 radical (unpaired) electrons. The lowest BCUT2D eigenvalue weighted by atomic mass is 9.80.